The Hall–Kier alpha value is -1.26. The topological polar surface area (TPSA) is 60.9 Å². The number of amides is 2. The van der Waals surface area contributed by atoms with Crippen LogP contribution >= 0.6 is 0 Å². The van der Waals surface area contributed by atoms with E-state index in [4.69, 9.17) is 0 Å². The van der Waals surface area contributed by atoms with E-state index in [0.717, 1.165) is 38.6 Å². The Labute approximate surface area is 108 Å². The van der Waals surface area contributed by atoms with Crippen molar-refractivity contribution >= 4 is 12.0 Å². The van der Waals surface area contributed by atoms with Gasteiger partial charge in [0.05, 0.1) is 0 Å². The summed E-state index contributed by atoms with van der Waals surface area (Å²) in [6.07, 6.45) is 5.61. The molecular weight excluding hydrogens is 232 g/mol. The van der Waals surface area contributed by atoms with Crippen LogP contribution in [0.2, 0.25) is 0 Å². The predicted octanol–water partition coefficient (Wildman–Crippen LogP) is 1.92. The molecule has 2 aliphatic rings. The smallest absolute Gasteiger partial charge is 0.326 e. The van der Waals surface area contributed by atoms with Gasteiger partial charge in [0, 0.05) is 19.1 Å². The summed E-state index contributed by atoms with van der Waals surface area (Å²) in [5, 5.41) is 9.21. The van der Waals surface area contributed by atoms with Crippen LogP contribution in [0.15, 0.2) is 0 Å². The van der Waals surface area contributed by atoms with E-state index in [1.54, 1.807) is 4.90 Å². The molecule has 0 aromatic rings. The molecule has 0 radical (unpaired) electrons. The first kappa shape index (κ1) is 13.2. The highest BCUT2D eigenvalue weighted by Crippen LogP contribution is 2.23. The second kappa shape index (κ2) is 5.59. The van der Waals surface area contributed by atoms with Crippen LogP contribution in [-0.2, 0) is 4.79 Å². The summed E-state index contributed by atoms with van der Waals surface area (Å²) >= 11 is 0. The standard InChI is InChI=1S/C13H22N2O3/c1-10-6-2-4-8-14(10)13(18)15-9-5-3-7-11(15)12(16)17/h10-11H,2-9H2,1H3,(H,16,17). The number of urea groups is 1. The molecule has 0 saturated carbocycles. The van der Waals surface area contributed by atoms with E-state index in [0.29, 0.717) is 13.0 Å². The summed E-state index contributed by atoms with van der Waals surface area (Å²) in [5.41, 5.74) is 0. The van der Waals surface area contributed by atoms with Gasteiger partial charge >= 0.3 is 12.0 Å². The van der Waals surface area contributed by atoms with Crippen LogP contribution in [0.3, 0.4) is 0 Å². The molecule has 1 N–H and O–H groups in total. The lowest BCUT2D eigenvalue weighted by Crippen LogP contribution is -2.56. The van der Waals surface area contributed by atoms with Crippen LogP contribution in [0.5, 0.6) is 0 Å². The highest BCUT2D eigenvalue weighted by Gasteiger charge is 2.36. The van der Waals surface area contributed by atoms with E-state index in [1.807, 2.05) is 4.90 Å². The molecule has 0 spiro atoms. The quantitative estimate of drug-likeness (QED) is 0.777. The van der Waals surface area contributed by atoms with Gasteiger partial charge in [0.15, 0.2) is 0 Å². The molecule has 2 unspecified atom stereocenters. The number of carbonyl (C=O) groups is 2. The Morgan fingerprint density at radius 1 is 1.00 bits per heavy atom. The summed E-state index contributed by atoms with van der Waals surface area (Å²) in [7, 11) is 0. The molecule has 2 aliphatic heterocycles. The van der Waals surface area contributed by atoms with Gasteiger partial charge in [-0.15, -0.1) is 0 Å². The van der Waals surface area contributed by atoms with Gasteiger partial charge < -0.3 is 14.9 Å². The third-order valence-electron chi connectivity index (χ3n) is 4.08. The Bertz CT molecular complexity index is 332. The van der Waals surface area contributed by atoms with Gasteiger partial charge in [0.2, 0.25) is 0 Å². The molecule has 2 amide bonds. The average molecular weight is 254 g/mol. The SMILES string of the molecule is CC1CCCCN1C(=O)N1CCCCC1C(=O)O. The first-order valence-electron chi connectivity index (χ1n) is 6.91. The van der Waals surface area contributed by atoms with E-state index < -0.39 is 12.0 Å². The summed E-state index contributed by atoms with van der Waals surface area (Å²) in [5.74, 6) is -0.868. The summed E-state index contributed by atoms with van der Waals surface area (Å²) in [4.78, 5) is 27.1. The van der Waals surface area contributed by atoms with Crippen molar-refractivity contribution in [3.8, 4) is 0 Å². The van der Waals surface area contributed by atoms with Crippen molar-refractivity contribution in [2.75, 3.05) is 13.1 Å². The highest BCUT2D eigenvalue weighted by molar-refractivity contribution is 5.83. The fourth-order valence-corrected chi connectivity index (χ4v) is 2.96. The van der Waals surface area contributed by atoms with Crippen molar-refractivity contribution in [1.29, 1.82) is 0 Å². The van der Waals surface area contributed by atoms with Gasteiger partial charge in [-0.3, -0.25) is 0 Å². The Balaban J connectivity index is 2.07. The molecule has 5 heteroatoms. The van der Waals surface area contributed by atoms with Crippen molar-refractivity contribution in [2.24, 2.45) is 0 Å². The number of carbonyl (C=O) groups excluding carboxylic acids is 1. The van der Waals surface area contributed by atoms with Crippen molar-refractivity contribution in [1.82, 2.24) is 9.80 Å². The van der Waals surface area contributed by atoms with E-state index in [2.05, 4.69) is 6.92 Å². The maximum Gasteiger partial charge on any atom is 0.326 e. The van der Waals surface area contributed by atoms with Gasteiger partial charge in [0.25, 0.3) is 0 Å². The van der Waals surface area contributed by atoms with E-state index >= 15 is 0 Å². The number of hydrogen-bond acceptors (Lipinski definition) is 2. The highest BCUT2D eigenvalue weighted by atomic mass is 16.4. The van der Waals surface area contributed by atoms with E-state index in [1.165, 1.54) is 0 Å². The maximum absolute atomic E-state index is 12.5. The molecular formula is C13H22N2O3. The summed E-state index contributed by atoms with van der Waals surface area (Å²) in [6.45, 7) is 3.40. The van der Waals surface area contributed by atoms with Gasteiger partial charge in [-0.05, 0) is 45.4 Å². The Morgan fingerprint density at radius 2 is 1.61 bits per heavy atom. The number of aliphatic carboxylic acids is 1. The third-order valence-corrected chi connectivity index (χ3v) is 4.08. The lowest BCUT2D eigenvalue weighted by atomic mass is 10.0. The molecule has 102 valence electrons. The summed E-state index contributed by atoms with van der Waals surface area (Å²) < 4.78 is 0. The molecule has 0 aliphatic carbocycles. The maximum atomic E-state index is 12.5. The number of carboxylic acid groups (broad SMARTS) is 1. The third kappa shape index (κ3) is 2.60. The Morgan fingerprint density at radius 3 is 2.22 bits per heavy atom. The monoisotopic (exact) mass is 254 g/mol. The fourth-order valence-electron chi connectivity index (χ4n) is 2.96. The lowest BCUT2D eigenvalue weighted by molar-refractivity contribution is -0.143. The summed E-state index contributed by atoms with van der Waals surface area (Å²) in [6, 6.07) is -0.461. The van der Waals surface area contributed by atoms with Gasteiger partial charge in [0.1, 0.15) is 6.04 Å². The van der Waals surface area contributed by atoms with E-state index in [9.17, 15) is 14.7 Å². The molecule has 18 heavy (non-hydrogen) atoms. The van der Waals surface area contributed by atoms with Crippen LogP contribution in [0.4, 0.5) is 4.79 Å². The Kier molecular flexibility index (Phi) is 4.09. The second-order valence-corrected chi connectivity index (χ2v) is 5.36. The zero-order valence-corrected chi connectivity index (χ0v) is 11.0. The van der Waals surface area contributed by atoms with E-state index in [-0.39, 0.29) is 12.1 Å². The van der Waals surface area contributed by atoms with Crippen LogP contribution in [0.25, 0.3) is 0 Å². The van der Waals surface area contributed by atoms with Crippen LogP contribution in [0.1, 0.15) is 45.4 Å². The van der Waals surface area contributed by atoms with Gasteiger partial charge in [-0.25, -0.2) is 9.59 Å². The van der Waals surface area contributed by atoms with Gasteiger partial charge in [-0.1, -0.05) is 0 Å². The molecule has 2 heterocycles. The largest absolute Gasteiger partial charge is 0.480 e. The number of hydrogen-bond donors (Lipinski definition) is 1. The number of carboxylic acids is 1. The number of piperidine rings is 2. The molecule has 0 aromatic carbocycles. The zero-order valence-electron chi connectivity index (χ0n) is 11.0. The van der Waals surface area contributed by atoms with Crippen LogP contribution < -0.4 is 0 Å². The predicted molar refractivity (Wildman–Crippen MR) is 67.4 cm³/mol. The van der Waals surface area contributed by atoms with Crippen molar-refractivity contribution in [3.05, 3.63) is 0 Å². The average Bonchev–Trinajstić information content (AvgIpc) is 2.38. The van der Waals surface area contributed by atoms with Gasteiger partial charge in [-0.2, -0.15) is 0 Å². The molecule has 2 fully saturated rings. The second-order valence-electron chi connectivity index (χ2n) is 5.36. The minimum Gasteiger partial charge on any atom is -0.480 e. The van der Waals surface area contributed by atoms with Crippen LogP contribution in [0, 0.1) is 0 Å². The normalized spacial score (nSPS) is 29.2. The zero-order chi connectivity index (χ0) is 13.1. The first-order valence-corrected chi connectivity index (χ1v) is 6.91. The van der Waals surface area contributed by atoms with Crippen molar-refractivity contribution < 1.29 is 14.7 Å². The minimum absolute atomic E-state index is 0.0747. The molecule has 2 saturated heterocycles. The van der Waals surface area contributed by atoms with Crippen LogP contribution in [-0.4, -0.2) is 52.1 Å². The number of nitrogens with zero attached hydrogens (tertiary/aromatic N) is 2. The molecule has 0 aromatic heterocycles. The lowest BCUT2D eigenvalue weighted by Gasteiger charge is -2.41. The van der Waals surface area contributed by atoms with Crippen molar-refractivity contribution in [2.45, 2.75) is 57.5 Å². The minimum atomic E-state index is -0.868. The molecule has 2 atom stereocenters. The fraction of sp³-hybridized carbons (Fsp3) is 0.846. The van der Waals surface area contributed by atoms with Crippen molar-refractivity contribution in [3.63, 3.8) is 0 Å². The molecule has 2 rings (SSSR count). The molecule has 0 bridgehead atoms. The molecule has 5 nitrogen and oxygen atoms in total. The first-order chi connectivity index (χ1) is 8.61. The number of likely N-dealkylation sites (tertiary alicyclic amines) is 2. The number of rotatable bonds is 1.